The average molecular weight is 453 g/mol. The molecule has 1 N–H and O–H groups in total. The van der Waals surface area contributed by atoms with Gasteiger partial charge in [-0.2, -0.15) is 5.26 Å². The maximum Gasteiger partial charge on any atom is 0.254 e. The predicted molar refractivity (Wildman–Crippen MR) is 133 cm³/mol. The van der Waals surface area contributed by atoms with Crippen molar-refractivity contribution in [1.82, 2.24) is 9.88 Å². The molecule has 0 spiro atoms. The van der Waals surface area contributed by atoms with Crippen LogP contribution >= 0.6 is 11.3 Å². The number of hydrogen-bond donors (Lipinski definition) is 1. The molecule has 5 rings (SSSR count). The van der Waals surface area contributed by atoms with E-state index >= 15 is 0 Å². The van der Waals surface area contributed by atoms with Gasteiger partial charge in [0.1, 0.15) is 11.5 Å². The lowest BCUT2D eigenvalue weighted by molar-refractivity contribution is 0.0951. The number of amides is 1. The van der Waals surface area contributed by atoms with E-state index in [0.29, 0.717) is 6.54 Å². The molecule has 0 saturated carbocycles. The number of aromatic nitrogens is 1. The second-order valence-corrected chi connectivity index (χ2v) is 9.29. The first-order chi connectivity index (χ1) is 16.2. The minimum absolute atomic E-state index is 0.0580. The summed E-state index contributed by atoms with van der Waals surface area (Å²) in [6, 6.07) is 20.2. The summed E-state index contributed by atoms with van der Waals surface area (Å²) >= 11 is 1.64. The van der Waals surface area contributed by atoms with Gasteiger partial charge in [-0.25, -0.2) is 4.99 Å². The quantitative estimate of drug-likeness (QED) is 0.376. The molecule has 1 aliphatic rings. The second kappa shape index (κ2) is 9.43. The minimum Gasteiger partial charge on any atom is -0.348 e. The van der Waals surface area contributed by atoms with Crippen LogP contribution in [-0.2, 0) is 25.9 Å². The monoisotopic (exact) mass is 452 g/mol. The van der Waals surface area contributed by atoms with Crippen LogP contribution in [0.15, 0.2) is 65.8 Å². The van der Waals surface area contributed by atoms with Crippen LogP contribution in [0.3, 0.4) is 0 Å². The molecule has 4 aromatic rings. The van der Waals surface area contributed by atoms with Crippen molar-refractivity contribution in [3.8, 4) is 6.07 Å². The van der Waals surface area contributed by atoms with Crippen LogP contribution in [0, 0.1) is 11.3 Å². The van der Waals surface area contributed by atoms with E-state index in [1.165, 1.54) is 4.88 Å². The van der Waals surface area contributed by atoms with E-state index in [4.69, 9.17) is 4.99 Å². The van der Waals surface area contributed by atoms with Gasteiger partial charge in [-0.1, -0.05) is 48.5 Å². The summed E-state index contributed by atoms with van der Waals surface area (Å²) in [5.74, 6) is -0.0580. The molecule has 2 heterocycles. The van der Waals surface area contributed by atoms with Gasteiger partial charge in [-0.3, -0.25) is 4.79 Å². The molecule has 1 amide bonds. The Morgan fingerprint density at radius 3 is 2.76 bits per heavy atom. The molecule has 164 valence electrons. The number of nitriles is 1. The Hall–Kier alpha value is -3.69. The first-order valence-corrected chi connectivity index (χ1v) is 12.0. The van der Waals surface area contributed by atoms with Gasteiger partial charge < -0.3 is 9.88 Å². The number of nitrogens with one attached hydrogen (secondary N) is 1. The van der Waals surface area contributed by atoms with Gasteiger partial charge in [0, 0.05) is 40.3 Å². The highest BCUT2D eigenvalue weighted by atomic mass is 32.1. The lowest BCUT2D eigenvalue weighted by Crippen LogP contribution is -2.24. The number of hydrogen-bond acceptors (Lipinski definition) is 4. The SMILES string of the molecule is N#CCn1cc(C=Nc2sc3c(c2C(=O)NCc2ccccc2)CCCC3)c2ccccc21. The van der Waals surface area contributed by atoms with Crippen molar-refractivity contribution < 1.29 is 4.79 Å². The Labute approximate surface area is 197 Å². The Morgan fingerprint density at radius 2 is 1.91 bits per heavy atom. The van der Waals surface area contributed by atoms with Gasteiger partial charge in [-0.15, -0.1) is 11.3 Å². The molecular weight excluding hydrogens is 428 g/mol. The lowest BCUT2D eigenvalue weighted by Gasteiger charge is -2.12. The number of para-hydroxylation sites is 1. The Bertz CT molecular complexity index is 1370. The van der Waals surface area contributed by atoms with Crippen LogP contribution < -0.4 is 5.32 Å². The summed E-state index contributed by atoms with van der Waals surface area (Å²) in [7, 11) is 0. The molecule has 0 fully saturated rings. The fourth-order valence-electron chi connectivity index (χ4n) is 4.46. The number of rotatable bonds is 6. The van der Waals surface area contributed by atoms with Gasteiger partial charge in [0.05, 0.1) is 11.6 Å². The third-order valence-electron chi connectivity index (χ3n) is 6.06. The predicted octanol–water partition coefficient (Wildman–Crippen LogP) is 5.79. The Kier molecular flexibility index (Phi) is 6.05. The standard InChI is InChI=1S/C27H24N4OS/c28-14-15-31-18-20(21-10-4-6-12-23(21)31)17-30-27-25(22-11-5-7-13-24(22)33-27)26(32)29-16-19-8-2-1-3-9-19/h1-4,6,8-10,12,17-18H,5,7,11,13,15-16H2,(H,29,32). The van der Waals surface area contributed by atoms with Crippen LogP contribution in [-0.4, -0.2) is 16.7 Å². The maximum absolute atomic E-state index is 13.3. The van der Waals surface area contributed by atoms with Crippen molar-refractivity contribution >= 4 is 39.4 Å². The third kappa shape index (κ3) is 4.33. The second-order valence-electron chi connectivity index (χ2n) is 8.21. The van der Waals surface area contributed by atoms with Gasteiger partial charge in [0.15, 0.2) is 0 Å². The summed E-state index contributed by atoms with van der Waals surface area (Å²) in [6.07, 6.45) is 7.99. The van der Waals surface area contributed by atoms with Crippen LogP contribution in [0.1, 0.15) is 44.8 Å². The smallest absolute Gasteiger partial charge is 0.254 e. The van der Waals surface area contributed by atoms with Crippen LogP contribution in [0.4, 0.5) is 5.00 Å². The van der Waals surface area contributed by atoms with E-state index in [2.05, 4.69) is 11.4 Å². The van der Waals surface area contributed by atoms with E-state index < -0.39 is 0 Å². The van der Waals surface area contributed by atoms with Crippen molar-refractivity contribution in [2.24, 2.45) is 4.99 Å². The van der Waals surface area contributed by atoms with E-state index in [1.807, 2.05) is 71.6 Å². The summed E-state index contributed by atoms with van der Waals surface area (Å²) in [5.41, 5.74) is 4.92. The van der Waals surface area contributed by atoms with Crippen LogP contribution in [0.5, 0.6) is 0 Å². The zero-order chi connectivity index (χ0) is 22.6. The molecule has 0 radical (unpaired) electrons. The molecule has 6 heteroatoms. The maximum atomic E-state index is 13.3. The molecule has 33 heavy (non-hydrogen) atoms. The van der Waals surface area contributed by atoms with E-state index in [-0.39, 0.29) is 12.5 Å². The number of thiophene rings is 1. The van der Waals surface area contributed by atoms with E-state index in [9.17, 15) is 10.1 Å². The first-order valence-electron chi connectivity index (χ1n) is 11.2. The number of nitrogens with zero attached hydrogens (tertiary/aromatic N) is 3. The van der Waals surface area contributed by atoms with Crippen molar-refractivity contribution in [2.75, 3.05) is 0 Å². The number of fused-ring (bicyclic) bond motifs is 2. The molecular formula is C27H24N4OS. The van der Waals surface area contributed by atoms with Crippen molar-refractivity contribution in [3.05, 3.63) is 87.9 Å². The van der Waals surface area contributed by atoms with Gasteiger partial charge in [0.2, 0.25) is 0 Å². The van der Waals surface area contributed by atoms with Gasteiger partial charge in [0.25, 0.3) is 5.91 Å². The number of aryl methyl sites for hydroxylation is 1. The van der Waals surface area contributed by atoms with Crippen LogP contribution in [0.2, 0.25) is 0 Å². The molecule has 5 nitrogen and oxygen atoms in total. The molecule has 0 atom stereocenters. The number of carbonyl (C=O) groups excluding carboxylic acids is 1. The normalized spacial score (nSPS) is 13.2. The Balaban J connectivity index is 1.48. The lowest BCUT2D eigenvalue weighted by atomic mass is 9.95. The highest BCUT2D eigenvalue weighted by Crippen LogP contribution is 2.40. The topological polar surface area (TPSA) is 70.2 Å². The number of aliphatic imine (C=N–C) groups is 1. The highest BCUT2D eigenvalue weighted by Gasteiger charge is 2.25. The summed E-state index contributed by atoms with van der Waals surface area (Å²) in [6.45, 7) is 0.782. The largest absolute Gasteiger partial charge is 0.348 e. The molecule has 0 aliphatic heterocycles. The summed E-state index contributed by atoms with van der Waals surface area (Å²) in [4.78, 5) is 19.4. The number of benzene rings is 2. The fraction of sp³-hybridized carbons (Fsp3) is 0.222. The molecule has 0 unspecified atom stereocenters. The third-order valence-corrected chi connectivity index (χ3v) is 7.26. The summed E-state index contributed by atoms with van der Waals surface area (Å²) in [5, 5.41) is 14.1. The zero-order valence-corrected chi connectivity index (χ0v) is 19.1. The minimum atomic E-state index is -0.0580. The fourth-order valence-corrected chi connectivity index (χ4v) is 5.69. The highest BCUT2D eigenvalue weighted by molar-refractivity contribution is 7.16. The van der Waals surface area contributed by atoms with Crippen molar-refractivity contribution in [1.29, 1.82) is 5.26 Å². The van der Waals surface area contributed by atoms with Crippen LogP contribution in [0.25, 0.3) is 10.9 Å². The molecule has 2 aromatic heterocycles. The van der Waals surface area contributed by atoms with Gasteiger partial charge >= 0.3 is 0 Å². The van der Waals surface area contributed by atoms with Gasteiger partial charge in [-0.05, 0) is 42.9 Å². The van der Waals surface area contributed by atoms with E-state index in [1.54, 1.807) is 11.3 Å². The molecule has 2 aromatic carbocycles. The first kappa shape index (κ1) is 21.2. The number of carbonyl (C=O) groups is 1. The summed E-state index contributed by atoms with van der Waals surface area (Å²) < 4.78 is 1.93. The van der Waals surface area contributed by atoms with E-state index in [0.717, 1.165) is 63.8 Å². The van der Waals surface area contributed by atoms with Crippen molar-refractivity contribution in [3.63, 3.8) is 0 Å². The molecule has 0 saturated heterocycles. The van der Waals surface area contributed by atoms with Crippen molar-refractivity contribution in [2.45, 2.75) is 38.8 Å². The molecule has 0 bridgehead atoms. The molecule has 1 aliphatic carbocycles. The zero-order valence-electron chi connectivity index (χ0n) is 18.3. The Morgan fingerprint density at radius 1 is 1.12 bits per heavy atom. The average Bonchev–Trinajstić information content (AvgIpc) is 3.40.